The van der Waals surface area contributed by atoms with Gasteiger partial charge in [-0.1, -0.05) is 11.6 Å². The number of imidazole rings is 1. The van der Waals surface area contributed by atoms with Crippen LogP contribution in [-0.4, -0.2) is 47.9 Å². The normalized spacial score (nSPS) is 17.1. The van der Waals surface area contributed by atoms with Crippen LogP contribution in [0, 0.1) is 6.92 Å². The first kappa shape index (κ1) is 16.7. The van der Waals surface area contributed by atoms with Crippen LogP contribution in [0.5, 0.6) is 0 Å². The van der Waals surface area contributed by atoms with E-state index >= 15 is 0 Å². The Kier molecular flexibility index (Phi) is 5.61. The van der Waals surface area contributed by atoms with Gasteiger partial charge in [-0.05, 0) is 31.9 Å². The first-order valence-corrected chi connectivity index (χ1v) is 8.30. The van der Waals surface area contributed by atoms with Gasteiger partial charge in [-0.25, -0.2) is 4.98 Å². The van der Waals surface area contributed by atoms with Gasteiger partial charge in [-0.15, -0.1) is 0 Å². The molecule has 3 rings (SSSR count). The monoisotopic (exact) mass is 329 g/mol. The van der Waals surface area contributed by atoms with Crippen molar-refractivity contribution in [2.24, 2.45) is 0 Å². The van der Waals surface area contributed by atoms with Gasteiger partial charge in [0.05, 0.1) is 36.9 Å². The Bertz CT molecular complexity index is 664. The summed E-state index contributed by atoms with van der Waals surface area (Å²) >= 11 is 0. The first-order valence-electron chi connectivity index (χ1n) is 8.30. The molecule has 0 radical (unpaired) electrons. The van der Waals surface area contributed by atoms with Gasteiger partial charge < -0.3 is 19.4 Å². The number of carbonyl (C=O) groups is 1. The number of aryl methyl sites for hydroxylation is 1. The zero-order valence-electron chi connectivity index (χ0n) is 13.9. The summed E-state index contributed by atoms with van der Waals surface area (Å²) in [6.07, 6.45) is 7.59. The summed E-state index contributed by atoms with van der Waals surface area (Å²) in [6.45, 7) is 4.36. The molecular weight excluding hydrogens is 306 g/mol. The van der Waals surface area contributed by atoms with E-state index in [4.69, 9.17) is 9.47 Å². The smallest absolute Gasteiger partial charge is 0.253 e. The van der Waals surface area contributed by atoms with Gasteiger partial charge in [-0.2, -0.15) is 0 Å². The maximum atomic E-state index is 12.5. The van der Waals surface area contributed by atoms with Crippen LogP contribution < -0.4 is 5.32 Å². The molecule has 1 saturated heterocycles. The molecule has 6 nitrogen and oxygen atoms in total. The third-order valence-corrected chi connectivity index (χ3v) is 4.04. The van der Waals surface area contributed by atoms with Crippen molar-refractivity contribution < 1.29 is 14.3 Å². The van der Waals surface area contributed by atoms with Crippen molar-refractivity contribution in [1.82, 2.24) is 14.9 Å². The number of aromatic nitrogens is 2. The highest BCUT2D eigenvalue weighted by molar-refractivity contribution is 5.98. The maximum absolute atomic E-state index is 12.5. The molecule has 1 N–H and O–H groups in total. The quantitative estimate of drug-likeness (QED) is 0.790. The highest BCUT2D eigenvalue weighted by Crippen LogP contribution is 2.16. The molecule has 1 amide bonds. The average Bonchev–Trinajstić information content (AvgIpc) is 3.28. The van der Waals surface area contributed by atoms with Crippen molar-refractivity contribution >= 4 is 5.91 Å². The molecule has 1 aliphatic heterocycles. The molecular formula is C18H23N3O3. The van der Waals surface area contributed by atoms with E-state index < -0.39 is 0 Å². The van der Waals surface area contributed by atoms with E-state index in [9.17, 15) is 4.79 Å². The van der Waals surface area contributed by atoms with Crippen LogP contribution in [-0.2, 0) is 9.47 Å². The molecule has 2 heterocycles. The van der Waals surface area contributed by atoms with Crippen molar-refractivity contribution in [3.63, 3.8) is 0 Å². The van der Waals surface area contributed by atoms with Crippen LogP contribution in [0.1, 0.15) is 28.8 Å². The van der Waals surface area contributed by atoms with Gasteiger partial charge in [-0.3, -0.25) is 4.79 Å². The van der Waals surface area contributed by atoms with Crippen molar-refractivity contribution in [3.8, 4) is 5.69 Å². The third kappa shape index (κ3) is 4.21. The Morgan fingerprint density at radius 2 is 2.42 bits per heavy atom. The molecule has 0 bridgehead atoms. The molecule has 1 fully saturated rings. The average molecular weight is 329 g/mol. The Labute approximate surface area is 141 Å². The number of amides is 1. The number of benzene rings is 1. The van der Waals surface area contributed by atoms with E-state index in [0.717, 1.165) is 30.7 Å². The lowest BCUT2D eigenvalue weighted by molar-refractivity contribution is 0.0183. The Hall–Kier alpha value is -2.18. The van der Waals surface area contributed by atoms with Crippen LogP contribution in [0.4, 0.5) is 0 Å². The second-order valence-electron chi connectivity index (χ2n) is 5.96. The molecule has 6 heteroatoms. The molecule has 1 aromatic heterocycles. The number of nitrogens with zero attached hydrogens (tertiary/aromatic N) is 2. The summed E-state index contributed by atoms with van der Waals surface area (Å²) < 4.78 is 12.9. The van der Waals surface area contributed by atoms with E-state index in [1.54, 1.807) is 12.5 Å². The molecule has 1 aromatic carbocycles. The second-order valence-corrected chi connectivity index (χ2v) is 5.96. The Morgan fingerprint density at radius 3 is 3.17 bits per heavy atom. The fourth-order valence-electron chi connectivity index (χ4n) is 2.78. The van der Waals surface area contributed by atoms with E-state index in [1.807, 2.05) is 35.9 Å². The molecule has 0 saturated carbocycles. The molecule has 0 spiro atoms. The third-order valence-electron chi connectivity index (χ3n) is 4.04. The number of ether oxygens (including phenoxy) is 2. The van der Waals surface area contributed by atoms with Crippen LogP contribution in [0.25, 0.3) is 5.69 Å². The number of hydrogen-bond donors (Lipinski definition) is 1. The minimum absolute atomic E-state index is 0.108. The predicted molar refractivity (Wildman–Crippen MR) is 90.4 cm³/mol. The highest BCUT2D eigenvalue weighted by Gasteiger charge is 2.16. The topological polar surface area (TPSA) is 65.4 Å². The first-order chi connectivity index (χ1) is 11.7. The van der Waals surface area contributed by atoms with E-state index in [1.165, 1.54) is 0 Å². The van der Waals surface area contributed by atoms with Gasteiger partial charge in [0.1, 0.15) is 0 Å². The number of nitrogens with one attached hydrogen (secondary N) is 1. The highest BCUT2D eigenvalue weighted by atomic mass is 16.5. The fraction of sp³-hybridized carbons (Fsp3) is 0.444. The van der Waals surface area contributed by atoms with Gasteiger partial charge >= 0.3 is 0 Å². The van der Waals surface area contributed by atoms with Crippen molar-refractivity contribution in [2.45, 2.75) is 25.9 Å². The summed E-state index contributed by atoms with van der Waals surface area (Å²) in [5.41, 5.74) is 2.49. The van der Waals surface area contributed by atoms with Gasteiger partial charge in [0.15, 0.2) is 0 Å². The van der Waals surface area contributed by atoms with Crippen LogP contribution in [0.15, 0.2) is 36.9 Å². The summed E-state index contributed by atoms with van der Waals surface area (Å²) in [4.78, 5) is 16.6. The zero-order chi connectivity index (χ0) is 16.8. The second kappa shape index (κ2) is 8.08. The Balaban J connectivity index is 1.53. The van der Waals surface area contributed by atoms with Gasteiger partial charge in [0.2, 0.25) is 0 Å². The number of hydrogen-bond acceptors (Lipinski definition) is 4. The zero-order valence-corrected chi connectivity index (χ0v) is 13.9. The summed E-state index contributed by atoms with van der Waals surface area (Å²) in [6, 6.07) is 5.80. The number of rotatable bonds is 7. The summed E-state index contributed by atoms with van der Waals surface area (Å²) in [5, 5.41) is 2.92. The maximum Gasteiger partial charge on any atom is 0.253 e. The van der Waals surface area contributed by atoms with Crippen LogP contribution in [0.2, 0.25) is 0 Å². The molecule has 128 valence electrons. The molecule has 1 aliphatic rings. The predicted octanol–water partition coefficient (Wildman–Crippen LogP) is 2.11. The lowest BCUT2D eigenvalue weighted by atomic mass is 10.1. The van der Waals surface area contributed by atoms with E-state index in [0.29, 0.717) is 25.3 Å². The summed E-state index contributed by atoms with van der Waals surface area (Å²) in [7, 11) is 0. The summed E-state index contributed by atoms with van der Waals surface area (Å²) in [5.74, 6) is -0.108. The fourth-order valence-corrected chi connectivity index (χ4v) is 2.78. The lowest BCUT2D eigenvalue weighted by Crippen LogP contribution is -2.29. The standard InChI is InChI=1S/C18H23N3O3/c1-14-4-5-17(21-8-6-19-13-21)16(11-14)18(22)20-7-10-23-12-15-3-2-9-24-15/h4-6,8,11,13,15H,2-3,7,9-10,12H2,1H3,(H,20,22)/t15-/m1/s1. The van der Waals surface area contributed by atoms with E-state index in [2.05, 4.69) is 10.3 Å². The molecule has 1 atom stereocenters. The van der Waals surface area contributed by atoms with Gasteiger partial charge in [0, 0.05) is 25.5 Å². The molecule has 2 aromatic rings. The van der Waals surface area contributed by atoms with Crippen LogP contribution in [0.3, 0.4) is 0 Å². The van der Waals surface area contributed by atoms with Crippen molar-refractivity contribution in [1.29, 1.82) is 0 Å². The molecule has 0 unspecified atom stereocenters. The minimum Gasteiger partial charge on any atom is -0.377 e. The SMILES string of the molecule is Cc1ccc(-n2ccnc2)c(C(=O)NCCOC[C@H]2CCCO2)c1. The van der Waals surface area contributed by atoms with Gasteiger partial charge in [0.25, 0.3) is 5.91 Å². The molecule has 0 aliphatic carbocycles. The Morgan fingerprint density at radius 1 is 1.50 bits per heavy atom. The lowest BCUT2D eigenvalue weighted by Gasteiger charge is -2.13. The molecule has 24 heavy (non-hydrogen) atoms. The largest absolute Gasteiger partial charge is 0.377 e. The minimum atomic E-state index is -0.108. The number of carbonyl (C=O) groups excluding carboxylic acids is 1. The van der Waals surface area contributed by atoms with Crippen molar-refractivity contribution in [3.05, 3.63) is 48.0 Å². The van der Waals surface area contributed by atoms with Crippen molar-refractivity contribution in [2.75, 3.05) is 26.4 Å². The van der Waals surface area contributed by atoms with Crippen LogP contribution >= 0.6 is 0 Å². The van der Waals surface area contributed by atoms with E-state index in [-0.39, 0.29) is 12.0 Å².